The predicted molar refractivity (Wildman–Crippen MR) is 93.9 cm³/mol. The van der Waals surface area contributed by atoms with E-state index in [1.54, 1.807) is 36.4 Å². The number of anilines is 1. The van der Waals surface area contributed by atoms with Crippen LogP contribution in [0.1, 0.15) is 17.2 Å². The molecule has 0 fully saturated rings. The second kappa shape index (κ2) is 6.43. The van der Waals surface area contributed by atoms with Gasteiger partial charge in [-0.3, -0.25) is 5.01 Å². The van der Waals surface area contributed by atoms with Crippen molar-refractivity contribution in [3.05, 3.63) is 63.6 Å². The number of aliphatic hydroxyl groups excluding tert-OH is 1. The van der Waals surface area contributed by atoms with Gasteiger partial charge in [-0.2, -0.15) is 5.10 Å². The Morgan fingerprint density at radius 3 is 2.42 bits per heavy atom. The lowest BCUT2D eigenvalue weighted by Crippen LogP contribution is -2.32. The molecule has 7 heteroatoms. The monoisotopic (exact) mass is 364 g/mol. The Kier molecular flexibility index (Phi) is 4.49. The topological polar surface area (TPSA) is 73.1 Å². The molecule has 0 bridgehead atoms. The summed E-state index contributed by atoms with van der Waals surface area (Å²) < 4.78 is 0. The Labute approximate surface area is 148 Å². The molecule has 1 aliphatic rings. The highest BCUT2D eigenvalue weighted by molar-refractivity contribution is 6.39. The normalized spacial score (nSPS) is 20.2. The average Bonchev–Trinajstić information content (AvgIpc) is 2.86. The standard InChI is InChI=1S/C17H14Cl2N2O3/c1-9-2-7-13(12(19)8-9)21-15(10-3-5-11(18)6-4-10)16(22)14(20-21)17(23)24/h2-8,15-16,22H,1H3,(H,23,24). The number of aliphatic carboxylic acids is 1. The largest absolute Gasteiger partial charge is 0.477 e. The molecule has 0 saturated carbocycles. The fourth-order valence-corrected chi connectivity index (χ4v) is 3.12. The van der Waals surface area contributed by atoms with Gasteiger partial charge in [0.1, 0.15) is 12.1 Å². The zero-order valence-corrected chi connectivity index (χ0v) is 14.2. The lowest BCUT2D eigenvalue weighted by Gasteiger charge is -2.27. The minimum atomic E-state index is -1.29. The number of carboxylic acid groups (broad SMARTS) is 1. The van der Waals surface area contributed by atoms with Crippen LogP contribution in [0.5, 0.6) is 0 Å². The smallest absolute Gasteiger partial charge is 0.354 e. The van der Waals surface area contributed by atoms with E-state index in [-0.39, 0.29) is 5.71 Å². The van der Waals surface area contributed by atoms with E-state index in [0.717, 1.165) is 5.56 Å². The van der Waals surface area contributed by atoms with Crippen LogP contribution < -0.4 is 5.01 Å². The van der Waals surface area contributed by atoms with Crippen molar-refractivity contribution in [3.63, 3.8) is 0 Å². The van der Waals surface area contributed by atoms with Crippen molar-refractivity contribution in [3.8, 4) is 0 Å². The van der Waals surface area contributed by atoms with E-state index >= 15 is 0 Å². The average molecular weight is 365 g/mol. The molecular formula is C17H14Cl2N2O3. The van der Waals surface area contributed by atoms with Gasteiger partial charge in [0.05, 0.1) is 10.7 Å². The number of hydrogen-bond donors (Lipinski definition) is 2. The van der Waals surface area contributed by atoms with Gasteiger partial charge in [0.2, 0.25) is 0 Å². The number of carbonyl (C=O) groups is 1. The van der Waals surface area contributed by atoms with Gasteiger partial charge in [-0.15, -0.1) is 0 Å². The fourth-order valence-electron chi connectivity index (χ4n) is 2.67. The van der Waals surface area contributed by atoms with Crippen LogP contribution in [0.3, 0.4) is 0 Å². The van der Waals surface area contributed by atoms with Crippen LogP contribution in [0.4, 0.5) is 5.69 Å². The van der Waals surface area contributed by atoms with E-state index in [2.05, 4.69) is 5.10 Å². The molecule has 2 atom stereocenters. The van der Waals surface area contributed by atoms with Crippen LogP contribution in [0.2, 0.25) is 10.0 Å². The Balaban J connectivity index is 2.11. The highest BCUT2D eigenvalue weighted by Crippen LogP contribution is 2.39. The number of aliphatic hydroxyl groups is 1. The van der Waals surface area contributed by atoms with Crippen molar-refractivity contribution in [2.45, 2.75) is 19.1 Å². The number of benzene rings is 2. The second-order valence-corrected chi connectivity index (χ2v) is 6.37. The molecule has 0 spiro atoms. The van der Waals surface area contributed by atoms with Gasteiger partial charge in [0.15, 0.2) is 5.71 Å². The Bertz CT molecular complexity index is 821. The van der Waals surface area contributed by atoms with Gasteiger partial charge >= 0.3 is 5.97 Å². The first kappa shape index (κ1) is 16.8. The van der Waals surface area contributed by atoms with E-state index in [0.29, 0.717) is 21.3 Å². The molecule has 0 saturated heterocycles. The van der Waals surface area contributed by atoms with Crippen molar-refractivity contribution in [2.75, 3.05) is 5.01 Å². The zero-order valence-electron chi connectivity index (χ0n) is 12.6. The molecule has 2 unspecified atom stereocenters. The molecule has 2 aromatic rings. The highest BCUT2D eigenvalue weighted by Gasteiger charge is 2.41. The van der Waals surface area contributed by atoms with E-state index in [1.165, 1.54) is 5.01 Å². The summed E-state index contributed by atoms with van der Waals surface area (Å²) in [5, 5.41) is 26.3. The first-order valence-electron chi connectivity index (χ1n) is 7.19. The maximum Gasteiger partial charge on any atom is 0.354 e. The summed E-state index contributed by atoms with van der Waals surface area (Å²) in [7, 11) is 0. The predicted octanol–water partition coefficient (Wildman–Crippen LogP) is 3.66. The SMILES string of the molecule is Cc1ccc(N2N=C(C(=O)O)C(O)C2c2ccc(Cl)cc2)c(Cl)c1. The molecule has 0 radical (unpaired) electrons. The van der Waals surface area contributed by atoms with Gasteiger partial charge in [-0.05, 0) is 42.3 Å². The van der Waals surface area contributed by atoms with E-state index in [1.807, 2.05) is 13.0 Å². The van der Waals surface area contributed by atoms with Gasteiger partial charge in [0.25, 0.3) is 0 Å². The highest BCUT2D eigenvalue weighted by atomic mass is 35.5. The molecule has 1 heterocycles. The molecule has 2 N–H and O–H groups in total. The summed E-state index contributed by atoms with van der Waals surface area (Å²) >= 11 is 12.2. The third-order valence-electron chi connectivity index (χ3n) is 3.84. The number of hydrogen-bond acceptors (Lipinski definition) is 4. The van der Waals surface area contributed by atoms with Crippen LogP contribution >= 0.6 is 23.2 Å². The molecule has 3 rings (SSSR count). The van der Waals surface area contributed by atoms with E-state index < -0.39 is 18.1 Å². The summed E-state index contributed by atoms with van der Waals surface area (Å²) in [6.07, 6.45) is -1.29. The number of aryl methyl sites for hydroxylation is 1. The first-order chi connectivity index (χ1) is 11.4. The van der Waals surface area contributed by atoms with Gasteiger partial charge < -0.3 is 10.2 Å². The van der Waals surface area contributed by atoms with Crippen molar-refractivity contribution >= 4 is 40.6 Å². The van der Waals surface area contributed by atoms with Gasteiger partial charge in [-0.1, -0.05) is 41.4 Å². The van der Waals surface area contributed by atoms with Crippen molar-refractivity contribution in [1.29, 1.82) is 0 Å². The summed E-state index contributed by atoms with van der Waals surface area (Å²) in [6.45, 7) is 1.90. The number of halogens is 2. The van der Waals surface area contributed by atoms with Gasteiger partial charge in [-0.25, -0.2) is 4.79 Å². The summed E-state index contributed by atoms with van der Waals surface area (Å²) in [5.74, 6) is -1.27. The minimum Gasteiger partial charge on any atom is -0.477 e. The molecule has 0 amide bonds. The Hall–Kier alpha value is -2.08. The molecule has 2 aromatic carbocycles. The molecule has 5 nitrogen and oxygen atoms in total. The van der Waals surface area contributed by atoms with Crippen LogP contribution in [0.15, 0.2) is 47.6 Å². The summed E-state index contributed by atoms with van der Waals surface area (Å²) in [6, 6.07) is 11.5. The second-order valence-electron chi connectivity index (χ2n) is 5.53. The molecule has 24 heavy (non-hydrogen) atoms. The third-order valence-corrected chi connectivity index (χ3v) is 4.39. The molecule has 124 valence electrons. The van der Waals surface area contributed by atoms with Crippen molar-refractivity contribution in [2.24, 2.45) is 5.10 Å². The Morgan fingerprint density at radius 1 is 1.17 bits per heavy atom. The zero-order chi connectivity index (χ0) is 17.4. The quantitative estimate of drug-likeness (QED) is 0.871. The summed E-state index contributed by atoms with van der Waals surface area (Å²) in [5.41, 5.74) is 1.85. The van der Waals surface area contributed by atoms with E-state index in [4.69, 9.17) is 23.2 Å². The van der Waals surface area contributed by atoms with Crippen LogP contribution in [-0.4, -0.2) is 28.0 Å². The first-order valence-corrected chi connectivity index (χ1v) is 7.95. The van der Waals surface area contributed by atoms with Crippen LogP contribution in [-0.2, 0) is 4.79 Å². The molecule has 1 aliphatic heterocycles. The lowest BCUT2D eigenvalue weighted by molar-refractivity contribution is -0.129. The lowest BCUT2D eigenvalue weighted by atomic mass is 9.98. The number of nitrogens with zero attached hydrogens (tertiary/aromatic N) is 2. The molecular weight excluding hydrogens is 351 g/mol. The van der Waals surface area contributed by atoms with Crippen molar-refractivity contribution < 1.29 is 15.0 Å². The number of carboxylic acids is 1. The maximum absolute atomic E-state index is 11.4. The molecule has 0 aliphatic carbocycles. The van der Waals surface area contributed by atoms with Crippen LogP contribution in [0.25, 0.3) is 0 Å². The number of rotatable bonds is 3. The number of hydrazone groups is 1. The fraction of sp³-hybridized carbons (Fsp3) is 0.176. The van der Waals surface area contributed by atoms with Gasteiger partial charge in [0, 0.05) is 5.02 Å². The summed E-state index contributed by atoms with van der Waals surface area (Å²) in [4.78, 5) is 11.4. The minimum absolute atomic E-state index is 0.327. The maximum atomic E-state index is 11.4. The Morgan fingerprint density at radius 2 is 1.83 bits per heavy atom. The van der Waals surface area contributed by atoms with Crippen LogP contribution in [0, 0.1) is 6.92 Å². The molecule has 0 aromatic heterocycles. The van der Waals surface area contributed by atoms with E-state index in [9.17, 15) is 15.0 Å². The third kappa shape index (κ3) is 2.98. The van der Waals surface area contributed by atoms with Crippen molar-refractivity contribution in [1.82, 2.24) is 0 Å².